The Labute approximate surface area is 556 Å². The van der Waals surface area contributed by atoms with Crippen LogP contribution in [0.1, 0.15) is 132 Å². The van der Waals surface area contributed by atoms with Gasteiger partial charge in [-0.3, -0.25) is 0 Å². The molecule has 93 heavy (non-hydrogen) atoms. The van der Waals surface area contributed by atoms with Crippen LogP contribution in [-0.2, 0) is 27.1 Å². The van der Waals surface area contributed by atoms with Crippen molar-refractivity contribution in [2.75, 3.05) is 14.7 Å². The van der Waals surface area contributed by atoms with Gasteiger partial charge in [0.25, 0.3) is 6.71 Å². The minimum Gasteiger partial charge on any atom is -0.311 e. The third-order valence-corrected chi connectivity index (χ3v) is 21.2. The molecule has 0 amide bonds. The molecule has 3 nitrogen and oxygen atoms in total. The van der Waals surface area contributed by atoms with Gasteiger partial charge in [0.2, 0.25) is 0 Å². The van der Waals surface area contributed by atoms with E-state index in [-0.39, 0.29) is 33.8 Å². The van der Waals surface area contributed by atoms with Crippen molar-refractivity contribution in [2.45, 2.75) is 131 Å². The van der Waals surface area contributed by atoms with E-state index in [1.165, 1.54) is 125 Å². The predicted octanol–water partition coefficient (Wildman–Crippen LogP) is 23.7. The van der Waals surface area contributed by atoms with Gasteiger partial charge in [-0.1, -0.05) is 256 Å². The number of benzene rings is 12. The van der Waals surface area contributed by atoms with Crippen molar-refractivity contribution in [3.05, 3.63) is 264 Å². The Kier molecular flexibility index (Phi) is 14.0. The minimum absolute atomic E-state index is 0.0318. The lowest BCUT2D eigenvalue weighted by Gasteiger charge is -2.44. The first-order valence-electron chi connectivity index (χ1n) is 33.4. The third-order valence-electron chi connectivity index (χ3n) is 19.9. The van der Waals surface area contributed by atoms with Crippen molar-refractivity contribution >= 4 is 127 Å². The number of para-hydroxylation sites is 2. The van der Waals surface area contributed by atoms with Crippen molar-refractivity contribution in [2.24, 2.45) is 0 Å². The molecular formula is C88H84BN3S. The third kappa shape index (κ3) is 10.3. The molecule has 0 saturated carbocycles. The molecule has 0 bridgehead atoms. The lowest BCUT2D eigenvalue weighted by atomic mass is 9.36. The van der Waals surface area contributed by atoms with Crippen molar-refractivity contribution in [3.8, 4) is 22.3 Å². The summed E-state index contributed by atoms with van der Waals surface area (Å²) in [7, 11) is 0. The molecule has 2 aliphatic rings. The fourth-order valence-electron chi connectivity index (χ4n) is 14.6. The maximum Gasteiger partial charge on any atom is 0.264 e. The van der Waals surface area contributed by atoms with Gasteiger partial charge >= 0.3 is 0 Å². The average Bonchev–Trinajstić information content (AvgIpc) is 1.68. The zero-order chi connectivity index (χ0) is 64.8. The Morgan fingerprint density at radius 3 is 1.35 bits per heavy atom. The molecular weight excluding hydrogens is 1140 g/mol. The second-order valence-corrected chi connectivity index (χ2v) is 32.6. The van der Waals surface area contributed by atoms with Crippen LogP contribution in [0.15, 0.2) is 237 Å². The molecule has 0 aliphatic carbocycles. The quantitative estimate of drug-likeness (QED) is 0.116. The molecule has 0 spiro atoms. The first-order chi connectivity index (χ1) is 44.3. The molecule has 12 aromatic carbocycles. The predicted molar refractivity (Wildman–Crippen MR) is 407 cm³/mol. The summed E-state index contributed by atoms with van der Waals surface area (Å²) in [6.07, 6.45) is 0. The number of fused-ring (bicyclic) bond motifs is 12. The summed E-state index contributed by atoms with van der Waals surface area (Å²) in [5.41, 5.74) is 23.9. The molecule has 5 heteroatoms. The van der Waals surface area contributed by atoms with E-state index >= 15 is 0 Å². The molecule has 0 fully saturated rings. The van der Waals surface area contributed by atoms with Crippen LogP contribution in [0, 0.1) is 0 Å². The van der Waals surface area contributed by atoms with E-state index in [9.17, 15) is 0 Å². The van der Waals surface area contributed by atoms with Crippen LogP contribution < -0.4 is 30.4 Å². The average molecular weight is 1230 g/mol. The van der Waals surface area contributed by atoms with Gasteiger partial charge in [0.15, 0.2) is 0 Å². The van der Waals surface area contributed by atoms with Crippen LogP contribution in [0.2, 0.25) is 0 Å². The lowest BCUT2D eigenvalue weighted by Crippen LogP contribution is -2.60. The number of hydrogen-bond acceptors (Lipinski definition) is 4. The van der Waals surface area contributed by atoms with Crippen molar-refractivity contribution in [1.82, 2.24) is 0 Å². The van der Waals surface area contributed by atoms with Gasteiger partial charge in [0.1, 0.15) is 0 Å². The van der Waals surface area contributed by atoms with E-state index in [1.54, 1.807) is 0 Å². The molecule has 0 unspecified atom stereocenters. The van der Waals surface area contributed by atoms with E-state index < -0.39 is 0 Å². The molecule has 0 N–H and O–H groups in total. The molecule has 0 radical (unpaired) electrons. The van der Waals surface area contributed by atoms with Crippen molar-refractivity contribution in [1.29, 1.82) is 0 Å². The van der Waals surface area contributed by atoms with Crippen LogP contribution in [0.25, 0.3) is 64.7 Å². The molecule has 13 aromatic rings. The fourth-order valence-corrected chi connectivity index (χ4v) is 15.9. The fraction of sp³-hybridized carbons (Fsp3) is 0.227. The largest absolute Gasteiger partial charge is 0.311 e. The highest BCUT2D eigenvalue weighted by Crippen LogP contribution is 2.54. The highest BCUT2D eigenvalue weighted by molar-refractivity contribution is 7.33. The van der Waals surface area contributed by atoms with Crippen LogP contribution in [0.5, 0.6) is 0 Å². The highest BCUT2D eigenvalue weighted by atomic mass is 32.1. The maximum absolute atomic E-state index is 2.70. The SMILES string of the molecule is CC(C)(C)c1ccc(N2c3cc(N(c4ccccc4)c4ccccc4)cc4c3B(c3ccc(-c5cc(C(C)(C)C)cc(C(C)(C)C)c5)cc3N4c3ccc(C(C)(C)C)cc3-c3ccc4c5ccccc5c5ccccc5c4c3)c3sc4ccc(C(C)(C)C)cc4c32)cc1. The zero-order valence-corrected chi connectivity index (χ0v) is 57.7. The molecule has 1 aromatic heterocycles. The van der Waals surface area contributed by atoms with Gasteiger partial charge in [-0.25, -0.2) is 0 Å². The van der Waals surface area contributed by atoms with E-state index in [2.05, 4.69) is 355 Å². The van der Waals surface area contributed by atoms with Crippen LogP contribution >= 0.6 is 11.3 Å². The minimum atomic E-state index is -0.146. The zero-order valence-electron chi connectivity index (χ0n) is 56.8. The van der Waals surface area contributed by atoms with Gasteiger partial charge in [-0.05, 0) is 200 Å². The first-order valence-corrected chi connectivity index (χ1v) is 34.2. The summed E-state index contributed by atoms with van der Waals surface area (Å²) in [5, 5.41) is 8.89. The van der Waals surface area contributed by atoms with Gasteiger partial charge in [0.05, 0.1) is 17.1 Å². The van der Waals surface area contributed by atoms with E-state index in [0.717, 1.165) is 34.1 Å². The van der Waals surface area contributed by atoms with Crippen LogP contribution in [-0.4, -0.2) is 6.71 Å². The Morgan fingerprint density at radius 1 is 0.312 bits per heavy atom. The number of rotatable bonds is 7. The number of anilines is 9. The summed E-state index contributed by atoms with van der Waals surface area (Å²) in [5.74, 6) is 0. The summed E-state index contributed by atoms with van der Waals surface area (Å²) in [4.78, 5) is 7.83. The summed E-state index contributed by atoms with van der Waals surface area (Å²) in [6.45, 7) is 35.1. The van der Waals surface area contributed by atoms with Crippen molar-refractivity contribution < 1.29 is 0 Å². The standard InChI is InChI=1S/C88H84BN3S/c1-84(2,3)58-36-40-65(41-37-58)91-78-53-66(90(63-26-18-16-19-27-63)64-28-20-17-21-29-64)54-79-81(78)89(83-82(91)74-52-60(86(7,8)9)39-45-80(74)93-83)75-43-35-55(57-46-61(87(10,11)12)50-62(47-57)88(13,14)15)49-77(75)92(79)76-44-38-59(85(4,5)6)51-72(76)56-34-42-71-69-32-23-22-30-67(69)68-31-24-25-33-70(68)73(71)48-56/h16-54H,1-15H3. The van der Waals surface area contributed by atoms with E-state index in [4.69, 9.17) is 0 Å². The van der Waals surface area contributed by atoms with Crippen LogP contribution in [0.3, 0.4) is 0 Å². The van der Waals surface area contributed by atoms with Crippen molar-refractivity contribution in [3.63, 3.8) is 0 Å². The van der Waals surface area contributed by atoms with E-state index in [1.807, 2.05) is 11.3 Å². The highest BCUT2D eigenvalue weighted by Gasteiger charge is 2.47. The van der Waals surface area contributed by atoms with Gasteiger partial charge in [-0.2, -0.15) is 0 Å². The number of hydrogen-bond donors (Lipinski definition) is 0. The number of nitrogens with zero attached hydrogens (tertiary/aromatic N) is 3. The van der Waals surface area contributed by atoms with Crippen LogP contribution in [0.4, 0.5) is 51.2 Å². The second kappa shape index (κ2) is 21.7. The van der Waals surface area contributed by atoms with Gasteiger partial charge < -0.3 is 14.7 Å². The Morgan fingerprint density at radius 2 is 0.796 bits per heavy atom. The Bertz CT molecular complexity index is 5010. The lowest BCUT2D eigenvalue weighted by molar-refractivity contribution is 0.569. The molecule has 0 atom stereocenters. The molecule has 460 valence electrons. The Hall–Kier alpha value is -9.16. The summed E-state index contributed by atoms with van der Waals surface area (Å²) < 4.78 is 2.65. The normalized spacial score (nSPS) is 13.5. The topological polar surface area (TPSA) is 9.72 Å². The monoisotopic (exact) mass is 1230 g/mol. The smallest absolute Gasteiger partial charge is 0.264 e. The second-order valence-electron chi connectivity index (χ2n) is 31.5. The molecule has 2 aliphatic heterocycles. The van der Waals surface area contributed by atoms with Gasteiger partial charge in [-0.15, -0.1) is 11.3 Å². The molecule has 3 heterocycles. The Balaban J connectivity index is 1.11. The summed E-state index contributed by atoms with van der Waals surface area (Å²) in [6, 6.07) is 91.5. The number of thiophene rings is 1. The first kappa shape index (κ1) is 60.1. The molecule has 15 rings (SSSR count). The van der Waals surface area contributed by atoms with Gasteiger partial charge in [0, 0.05) is 54.6 Å². The van der Waals surface area contributed by atoms with E-state index in [0.29, 0.717) is 0 Å². The molecule has 0 saturated heterocycles. The maximum atomic E-state index is 2.70. The summed E-state index contributed by atoms with van der Waals surface area (Å²) >= 11 is 1.98.